The second-order valence-electron chi connectivity index (χ2n) is 9.25. The first-order valence-electron chi connectivity index (χ1n) is 12.1. The molecule has 2 amide bonds. The van der Waals surface area contributed by atoms with Crippen molar-refractivity contribution in [3.63, 3.8) is 0 Å². The monoisotopic (exact) mass is 427 g/mol. The van der Waals surface area contributed by atoms with Crippen molar-refractivity contribution < 1.29 is 9.59 Å². The predicted molar refractivity (Wildman–Crippen MR) is 121 cm³/mol. The number of hydrogen-bond donors (Lipinski definition) is 1. The Labute approximate surface area is 186 Å². The van der Waals surface area contributed by atoms with Gasteiger partial charge in [-0.05, 0) is 37.3 Å². The minimum atomic E-state index is -0.0878. The third kappa shape index (κ3) is 5.26. The first kappa shape index (κ1) is 22.2. The highest BCUT2D eigenvalue weighted by molar-refractivity contribution is 5.92. The number of pyridine rings is 1. The maximum absolute atomic E-state index is 12.8. The summed E-state index contributed by atoms with van der Waals surface area (Å²) in [5.41, 5.74) is 2.63. The summed E-state index contributed by atoms with van der Waals surface area (Å²) in [6.45, 7) is 9.93. The fourth-order valence-electron chi connectivity index (χ4n) is 4.87. The van der Waals surface area contributed by atoms with Crippen LogP contribution >= 0.6 is 0 Å². The van der Waals surface area contributed by atoms with E-state index in [2.05, 4.69) is 33.9 Å². The zero-order chi connectivity index (χ0) is 21.8. The number of piperazine rings is 1. The molecule has 4 rings (SSSR count). The average Bonchev–Trinajstić information content (AvgIpc) is 2.76. The smallest absolute Gasteiger partial charge is 0.270 e. The van der Waals surface area contributed by atoms with E-state index in [0.29, 0.717) is 12.2 Å². The minimum absolute atomic E-state index is 0.0878. The van der Waals surface area contributed by atoms with Crippen molar-refractivity contribution in [1.82, 2.24) is 25.0 Å². The highest BCUT2D eigenvalue weighted by Crippen LogP contribution is 2.25. The van der Waals surface area contributed by atoms with Gasteiger partial charge in [-0.1, -0.05) is 26.3 Å². The lowest BCUT2D eigenvalue weighted by atomic mass is 9.91. The van der Waals surface area contributed by atoms with Crippen LogP contribution in [-0.2, 0) is 17.8 Å². The molecule has 2 fully saturated rings. The lowest BCUT2D eigenvalue weighted by Crippen LogP contribution is -2.55. The van der Waals surface area contributed by atoms with E-state index in [9.17, 15) is 9.59 Å². The van der Waals surface area contributed by atoms with Crippen molar-refractivity contribution in [3.05, 3.63) is 29.1 Å². The van der Waals surface area contributed by atoms with Crippen LogP contribution in [0.4, 0.5) is 0 Å². The molecule has 1 saturated carbocycles. The van der Waals surface area contributed by atoms with Crippen LogP contribution in [0.1, 0.15) is 67.7 Å². The number of rotatable bonds is 7. The number of aromatic nitrogens is 1. The molecular formula is C24H37N5O2. The van der Waals surface area contributed by atoms with Crippen LogP contribution in [0.2, 0.25) is 0 Å². The molecule has 1 aromatic rings. The molecule has 7 heteroatoms. The number of hydrogen-bond acceptors (Lipinski definition) is 5. The number of carbonyl (C=O) groups is 2. The fraction of sp³-hybridized carbons (Fsp3) is 0.708. The van der Waals surface area contributed by atoms with Gasteiger partial charge in [0.15, 0.2) is 0 Å². The largest absolute Gasteiger partial charge is 0.348 e. The third-order valence-corrected chi connectivity index (χ3v) is 7.30. The Kier molecular flexibility index (Phi) is 7.23. The van der Waals surface area contributed by atoms with Gasteiger partial charge >= 0.3 is 0 Å². The molecule has 0 bridgehead atoms. The van der Waals surface area contributed by atoms with Crippen LogP contribution < -0.4 is 5.32 Å². The number of fused-ring (bicyclic) bond motifs is 1. The summed E-state index contributed by atoms with van der Waals surface area (Å²) in [7, 11) is 0. The van der Waals surface area contributed by atoms with Crippen LogP contribution in [-0.4, -0.2) is 82.9 Å². The molecule has 0 spiro atoms. The standard InChI is InChI=1S/C24H37N5O2/c1-3-19(4-2)25-24(31)22-9-8-18-16-27(11-10-21(18)26-22)17-23(30)29-14-12-28(13-15-29)20-6-5-7-20/h8-9,19-20H,3-7,10-17H2,1-2H3,(H,25,31). The SMILES string of the molecule is CCC(CC)NC(=O)c1ccc2c(n1)CCN(CC(=O)N1CCN(C3CCC3)CC1)C2. The van der Waals surface area contributed by atoms with Crippen LogP contribution in [0.15, 0.2) is 12.1 Å². The van der Waals surface area contributed by atoms with E-state index in [-0.39, 0.29) is 17.9 Å². The second kappa shape index (κ2) is 10.1. The molecule has 0 radical (unpaired) electrons. The molecule has 2 aliphatic heterocycles. The van der Waals surface area contributed by atoms with E-state index in [4.69, 9.17) is 0 Å². The predicted octanol–water partition coefficient (Wildman–Crippen LogP) is 2.05. The van der Waals surface area contributed by atoms with Gasteiger partial charge in [-0.25, -0.2) is 4.98 Å². The van der Waals surface area contributed by atoms with Crippen LogP contribution in [0.3, 0.4) is 0 Å². The van der Waals surface area contributed by atoms with E-state index in [1.54, 1.807) is 0 Å². The lowest BCUT2D eigenvalue weighted by molar-refractivity contribution is -0.135. The normalized spacial score (nSPS) is 20.4. The summed E-state index contributed by atoms with van der Waals surface area (Å²) in [6, 6.07) is 4.80. The third-order valence-electron chi connectivity index (χ3n) is 7.30. The Morgan fingerprint density at radius 3 is 2.48 bits per heavy atom. The van der Waals surface area contributed by atoms with E-state index in [1.807, 2.05) is 17.0 Å². The van der Waals surface area contributed by atoms with Crippen LogP contribution in [0.25, 0.3) is 0 Å². The fourth-order valence-corrected chi connectivity index (χ4v) is 4.87. The van der Waals surface area contributed by atoms with Crippen molar-refractivity contribution in [2.75, 3.05) is 39.3 Å². The van der Waals surface area contributed by atoms with Gasteiger partial charge in [0.1, 0.15) is 5.69 Å². The Morgan fingerprint density at radius 2 is 1.84 bits per heavy atom. The quantitative estimate of drug-likeness (QED) is 0.721. The van der Waals surface area contributed by atoms with Crippen molar-refractivity contribution in [2.24, 2.45) is 0 Å². The maximum atomic E-state index is 12.8. The second-order valence-corrected chi connectivity index (χ2v) is 9.25. The molecule has 1 aromatic heterocycles. The molecule has 1 aliphatic carbocycles. The van der Waals surface area contributed by atoms with Crippen molar-refractivity contribution >= 4 is 11.8 Å². The summed E-state index contributed by atoms with van der Waals surface area (Å²) in [5, 5.41) is 3.06. The molecule has 31 heavy (non-hydrogen) atoms. The molecule has 1 saturated heterocycles. The Hall–Kier alpha value is -1.99. The number of nitrogens with one attached hydrogen (secondary N) is 1. The molecule has 3 aliphatic rings. The average molecular weight is 428 g/mol. The first-order valence-corrected chi connectivity index (χ1v) is 12.1. The van der Waals surface area contributed by atoms with Crippen molar-refractivity contribution in [1.29, 1.82) is 0 Å². The molecular weight excluding hydrogens is 390 g/mol. The Bertz CT molecular complexity index is 782. The summed E-state index contributed by atoms with van der Waals surface area (Å²) in [5.74, 6) is 0.154. The topological polar surface area (TPSA) is 68.8 Å². The molecule has 1 N–H and O–H groups in total. The van der Waals surface area contributed by atoms with Gasteiger partial charge in [0.2, 0.25) is 5.91 Å². The van der Waals surface area contributed by atoms with Gasteiger partial charge in [-0.15, -0.1) is 0 Å². The van der Waals surface area contributed by atoms with Crippen LogP contribution in [0.5, 0.6) is 0 Å². The molecule has 0 unspecified atom stereocenters. The van der Waals surface area contributed by atoms with Gasteiger partial charge in [0.05, 0.1) is 6.54 Å². The van der Waals surface area contributed by atoms with Gasteiger partial charge < -0.3 is 10.2 Å². The Balaban J connectivity index is 1.28. The zero-order valence-corrected chi connectivity index (χ0v) is 19.1. The minimum Gasteiger partial charge on any atom is -0.348 e. The van der Waals surface area contributed by atoms with E-state index >= 15 is 0 Å². The van der Waals surface area contributed by atoms with Crippen molar-refractivity contribution in [3.8, 4) is 0 Å². The van der Waals surface area contributed by atoms with Crippen molar-refractivity contribution in [2.45, 2.75) is 71.0 Å². The molecule has 0 aromatic carbocycles. The number of nitrogens with zero attached hydrogens (tertiary/aromatic N) is 4. The highest BCUT2D eigenvalue weighted by Gasteiger charge is 2.30. The molecule has 0 atom stereocenters. The summed E-state index contributed by atoms with van der Waals surface area (Å²) >= 11 is 0. The summed E-state index contributed by atoms with van der Waals surface area (Å²) < 4.78 is 0. The molecule has 7 nitrogen and oxygen atoms in total. The van der Waals surface area contributed by atoms with E-state index in [0.717, 1.165) is 75.8 Å². The first-order chi connectivity index (χ1) is 15.1. The van der Waals surface area contributed by atoms with E-state index < -0.39 is 0 Å². The van der Waals surface area contributed by atoms with Crippen LogP contribution in [0, 0.1) is 0 Å². The lowest BCUT2D eigenvalue weighted by Gasteiger charge is -2.43. The van der Waals surface area contributed by atoms with Gasteiger partial charge in [-0.2, -0.15) is 0 Å². The maximum Gasteiger partial charge on any atom is 0.270 e. The van der Waals surface area contributed by atoms with Gasteiger partial charge in [0, 0.05) is 63.5 Å². The molecule has 170 valence electrons. The number of amides is 2. The van der Waals surface area contributed by atoms with E-state index in [1.165, 1.54) is 19.3 Å². The summed E-state index contributed by atoms with van der Waals surface area (Å²) in [6.07, 6.45) is 6.65. The Morgan fingerprint density at radius 1 is 1.10 bits per heavy atom. The summed E-state index contributed by atoms with van der Waals surface area (Å²) in [4.78, 5) is 36.8. The van der Waals surface area contributed by atoms with Gasteiger partial charge in [0.25, 0.3) is 5.91 Å². The highest BCUT2D eigenvalue weighted by atomic mass is 16.2. The number of carbonyl (C=O) groups excluding carboxylic acids is 2. The molecule has 3 heterocycles. The zero-order valence-electron chi connectivity index (χ0n) is 19.1. The van der Waals surface area contributed by atoms with Gasteiger partial charge in [-0.3, -0.25) is 19.4 Å².